The molecule has 4 nitrogen and oxygen atoms in total. The first kappa shape index (κ1) is 17.9. The minimum absolute atomic E-state index is 0.0383. The van der Waals surface area contributed by atoms with Gasteiger partial charge in [0.25, 0.3) is 5.91 Å². The predicted molar refractivity (Wildman–Crippen MR) is 100.0 cm³/mol. The van der Waals surface area contributed by atoms with Gasteiger partial charge in [0.1, 0.15) is 0 Å². The standard InChI is InChI=1S/C20H23ClN2O2/c1-15(22-20(24)17-7-9-18(21)10-8-17)19(16-5-3-2-4-6-16)23-11-13-25-14-12-23/h2-10,15,19H,11-14H2,1H3,(H,22,24)/t15-,19-/m1/s1. The summed E-state index contributed by atoms with van der Waals surface area (Å²) in [6.45, 7) is 5.23. The quantitative estimate of drug-likeness (QED) is 0.889. The molecule has 132 valence electrons. The highest BCUT2D eigenvalue weighted by molar-refractivity contribution is 6.30. The number of ether oxygens (including phenoxy) is 1. The topological polar surface area (TPSA) is 41.6 Å². The second-order valence-electron chi connectivity index (χ2n) is 6.27. The van der Waals surface area contributed by atoms with Crippen LogP contribution in [0.4, 0.5) is 0 Å². The molecule has 1 saturated heterocycles. The summed E-state index contributed by atoms with van der Waals surface area (Å²) in [4.78, 5) is 15.0. The monoisotopic (exact) mass is 358 g/mol. The molecule has 3 rings (SSSR count). The van der Waals surface area contributed by atoms with Gasteiger partial charge in [-0.3, -0.25) is 9.69 Å². The zero-order chi connectivity index (χ0) is 17.6. The zero-order valence-corrected chi connectivity index (χ0v) is 15.1. The summed E-state index contributed by atoms with van der Waals surface area (Å²) in [5, 5.41) is 3.77. The van der Waals surface area contributed by atoms with Crippen LogP contribution in [0.1, 0.15) is 28.9 Å². The van der Waals surface area contributed by atoms with E-state index in [1.54, 1.807) is 24.3 Å². The van der Waals surface area contributed by atoms with E-state index in [4.69, 9.17) is 16.3 Å². The van der Waals surface area contributed by atoms with Crippen molar-refractivity contribution in [1.82, 2.24) is 10.2 Å². The third-order valence-corrected chi connectivity index (χ3v) is 4.77. The van der Waals surface area contributed by atoms with Crippen molar-refractivity contribution in [3.63, 3.8) is 0 Å². The summed E-state index contributed by atoms with van der Waals surface area (Å²) in [5.41, 5.74) is 1.82. The molecule has 2 aromatic carbocycles. The summed E-state index contributed by atoms with van der Waals surface area (Å²) < 4.78 is 5.49. The van der Waals surface area contributed by atoms with Gasteiger partial charge in [-0.1, -0.05) is 41.9 Å². The van der Waals surface area contributed by atoms with Gasteiger partial charge >= 0.3 is 0 Å². The van der Waals surface area contributed by atoms with Crippen LogP contribution in [0.3, 0.4) is 0 Å². The van der Waals surface area contributed by atoms with E-state index in [1.165, 1.54) is 5.56 Å². The Hall–Kier alpha value is -1.88. The second-order valence-corrected chi connectivity index (χ2v) is 6.71. The lowest BCUT2D eigenvalue weighted by molar-refractivity contribution is 0.00888. The highest BCUT2D eigenvalue weighted by atomic mass is 35.5. The SMILES string of the molecule is C[C@@H](NC(=O)c1ccc(Cl)cc1)[C@H](c1ccccc1)N1CCOCC1. The molecule has 2 atom stereocenters. The molecule has 0 aliphatic carbocycles. The molecule has 5 heteroatoms. The molecular weight excluding hydrogens is 336 g/mol. The highest BCUT2D eigenvalue weighted by Gasteiger charge is 2.28. The molecule has 1 N–H and O–H groups in total. The number of rotatable bonds is 5. The van der Waals surface area contributed by atoms with Crippen LogP contribution in [0.5, 0.6) is 0 Å². The molecule has 1 fully saturated rings. The number of benzene rings is 2. The fraction of sp³-hybridized carbons (Fsp3) is 0.350. The molecule has 0 bridgehead atoms. The summed E-state index contributed by atoms with van der Waals surface area (Å²) in [6.07, 6.45) is 0. The lowest BCUT2D eigenvalue weighted by Gasteiger charge is -2.38. The average Bonchev–Trinajstić information content (AvgIpc) is 2.64. The molecular formula is C20H23ClN2O2. The molecule has 1 aliphatic rings. The van der Waals surface area contributed by atoms with Gasteiger partial charge in [0.2, 0.25) is 0 Å². The Morgan fingerprint density at radius 1 is 1.08 bits per heavy atom. The van der Waals surface area contributed by atoms with Gasteiger partial charge in [-0.05, 0) is 36.8 Å². The van der Waals surface area contributed by atoms with Gasteiger partial charge < -0.3 is 10.1 Å². The minimum atomic E-state index is -0.0849. The van der Waals surface area contributed by atoms with E-state index in [0.29, 0.717) is 10.6 Å². The number of carbonyl (C=O) groups is 1. The molecule has 2 aromatic rings. The minimum Gasteiger partial charge on any atom is -0.379 e. The van der Waals surface area contributed by atoms with Gasteiger partial charge in [0.05, 0.1) is 19.3 Å². The van der Waals surface area contributed by atoms with Crippen molar-refractivity contribution in [3.05, 3.63) is 70.7 Å². The van der Waals surface area contributed by atoms with Crippen molar-refractivity contribution < 1.29 is 9.53 Å². The second kappa shape index (κ2) is 8.48. The van der Waals surface area contributed by atoms with E-state index in [-0.39, 0.29) is 18.0 Å². The number of carbonyl (C=O) groups excluding carboxylic acids is 1. The smallest absolute Gasteiger partial charge is 0.251 e. The Balaban J connectivity index is 1.77. The first-order chi connectivity index (χ1) is 12.1. The normalized spacial score (nSPS) is 17.7. The molecule has 0 spiro atoms. The Kier molecular flexibility index (Phi) is 6.08. The van der Waals surface area contributed by atoms with Crippen molar-refractivity contribution >= 4 is 17.5 Å². The summed E-state index contributed by atoms with van der Waals surface area (Å²) in [7, 11) is 0. The fourth-order valence-electron chi connectivity index (χ4n) is 3.29. The zero-order valence-electron chi connectivity index (χ0n) is 14.3. The van der Waals surface area contributed by atoms with Gasteiger partial charge in [-0.15, -0.1) is 0 Å². The van der Waals surface area contributed by atoms with Gasteiger partial charge in [-0.25, -0.2) is 0 Å². The number of morpholine rings is 1. The number of hydrogen-bond acceptors (Lipinski definition) is 3. The number of halogens is 1. The van der Waals surface area contributed by atoms with E-state index in [0.717, 1.165) is 26.3 Å². The predicted octanol–water partition coefficient (Wildman–Crippen LogP) is 3.53. The number of hydrogen-bond donors (Lipinski definition) is 1. The number of nitrogens with zero attached hydrogens (tertiary/aromatic N) is 1. The summed E-state index contributed by atoms with van der Waals surface area (Å²) in [5.74, 6) is -0.0849. The van der Waals surface area contributed by atoms with E-state index < -0.39 is 0 Å². The van der Waals surface area contributed by atoms with Gasteiger partial charge in [-0.2, -0.15) is 0 Å². The van der Waals surface area contributed by atoms with Crippen LogP contribution in [-0.4, -0.2) is 43.2 Å². The highest BCUT2D eigenvalue weighted by Crippen LogP contribution is 2.25. The lowest BCUT2D eigenvalue weighted by Crippen LogP contribution is -2.48. The third-order valence-electron chi connectivity index (χ3n) is 4.52. The Bertz CT molecular complexity index is 685. The van der Waals surface area contributed by atoms with Crippen molar-refractivity contribution in [2.75, 3.05) is 26.3 Å². The summed E-state index contributed by atoms with van der Waals surface area (Å²) in [6, 6.07) is 17.4. The lowest BCUT2D eigenvalue weighted by atomic mass is 9.97. The van der Waals surface area contributed by atoms with Crippen LogP contribution in [-0.2, 0) is 4.74 Å². The van der Waals surface area contributed by atoms with Crippen LogP contribution in [0.25, 0.3) is 0 Å². The number of amides is 1. The van der Waals surface area contributed by atoms with Gasteiger partial charge in [0.15, 0.2) is 0 Å². The maximum Gasteiger partial charge on any atom is 0.251 e. The maximum absolute atomic E-state index is 12.6. The Morgan fingerprint density at radius 2 is 1.72 bits per heavy atom. The van der Waals surface area contributed by atoms with Crippen molar-refractivity contribution in [3.8, 4) is 0 Å². The molecule has 0 radical (unpaired) electrons. The van der Waals surface area contributed by atoms with Gasteiger partial charge in [0, 0.05) is 29.7 Å². The van der Waals surface area contributed by atoms with Crippen LogP contribution in [0.2, 0.25) is 5.02 Å². The fourth-order valence-corrected chi connectivity index (χ4v) is 3.42. The third kappa shape index (κ3) is 4.60. The molecule has 0 saturated carbocycles. The Labute approximate surface area is 153 Å². The van der Waals surface area contributed by atoms with E-state index in [9.17, 15) is 4.79 Å². The Morgan fingerprint density at radius 3 is 2.36 bits per heavy atom. The van der Waals surface area contributed by atoms with Crippen LogP contribution < -0.4 is 5.32 Å². The molecule has 25 heavy (non-hydrogen) atoms. The number of nitrogens with one attached hydrogen (secondary N) is 1. The van der Waals surface area contributed by atoms with Crippen LogP contribution in [0, 0.1) is 0 Å². The maximum atomic E-state index is 12.6. The van der Waals surface area contributed by atoms with E-state index in [2.05, 4.69) is 29.3 Å². The van der Waals surface area contributed by atoms with E-state index >= 15 is 0 Å². The molecule has 1 amide bonds. The van der Waals surface area contributed by atoms with Crippen LogP contribution in [0.15, 0.2) is 54.6 Å². The molecule has 1 aliphatic heterocycles. The molecule has 1 heterocycles. The van der Waals surface area contributed by atoms with E-state index in [1.807, 2.05) is 18.2 Å². The molecule has 0 aromatic heterocycles. The first-order valence-corrected chi connectivity index (χ1v) is 8.96. The van der Waals surface area contributed by atoms with Crippen molar-refractivity contribution in [1.29, 1.82) is 0 Å². The largest absolute Gasteiger partial charge is 0.379 e. The van der Waals surface area contributed by atoms with Crippen molar-refractivity contribution in [2.45, 2.75) is 19.0 Å². The summed E-state index contributed by atoms with van der Waals surface area (Å²) >= 11 is 5.90. The average molecular weight is 359 g/mol. The molecule has 0 unspecified atom stereocenters. The first-order valence-electron chi connectivity index (χ1n) is 8.58. The van der Waals surface area contributed by atoms with Crippen LogP contribution >= 0.6 is 11.6 Å². The van der Waals surface area contributed by atoms with Crippen molar-refractivity contribution in [2.24, 2.45) is 0 Å².